The van der Waals surface area contributed by atoms with Crippen LogP contribution in [0.25, 0.3) is 0 Å². The first-order chi connectivity index (χ1) is 8.97. The quantitative estimate of drug-likeness (QED) is 0.725. The molecule has 0 amide bonds. The fourth-order valence-corrected chi connectivity index (χ4v) is 2.35. The van der Waals surface area contributed by atoms with Gasteiger partial charge in [0.1, 0.15) is 5.82 Å². The third kappa shape index (κ3) is 3.62. The summed E-state index contributed by atoms with van der Waals surface area (Å²) in [7, 11) is 0. The van der Waals surface area contributed by atoms with Gasteiger partial charge in [0.2, 0.25) is 0 Å². The SMILES string of the molecule is Cc1cc(F)c(Br)cc1NCc1ccc(Cl)c(Cl)c1. The molecule has 0 bridgehead atoms. The Hall–Kier alpha value is -0.770. The maximum absolute atomic E-state index is 13.3. The lowest BCUT2D eigenvalue weighted by atomic mass is 10.1. The zero-order valence-corrected chi connectivity index (χ0v) is 13.2. The van der Waals surface area contributed by atoms with Crippen molar-refractivity contribution < 1.29 is 4.39 Å². The van der Waals surface area contributed by atoms with E-state index in [1.807, 2.05) is 19.1 Å². The van der Waals surface area contributed by atoms with Crippen LogP contribution in [0.5, 0.6) is 0 Å². The van der Waals surface area contributed by atoms with Crippen LogP contribution in [0.15, 0.2) is 34.8 Å². The average Bonchev–Trinajstić information content (AvgIpc) is 2.36. The molecule has 0 saturated heterocycles. The second kappa shape index (κ2) is 6.12. The van der Waals surface area contributed by atoms with E-state index in [9.17, 15) is 4.39 Å². The molecule has 0 heterocycles. The minimum atomic E-state index is -0.266. The fourth-order valence-electron chi connectivity index (χ4n) is 1.68. The van der Waals surface area contributed by atoms with Crippen molar-refractivity contribution in [2.24, 2.45) is 0 Å². The summed E-state index contributed by atoms with van der Waals surface area (Å²) in [5, 5.41) is 4.30. The van der Waals surface area contributed by atoms with Crippen molar-refractivity contribution in [3.63, 3.8) is 0 Å². The molecule has 0 unspecified atom stereocenters. The van der Waals surface area contributed by atoms with Gasteiger partial charge in [0.25, 0.3) is 0 Å². The normalized spacial score (nSPS) is 10.6. The summed E-state index contributed by atoms with van der Waals surface area (Å²) >= 11 is 15.0. The van der Waals surface area contributed by atoms with Crippen molar-refractivity contribution in [1.29, 1.82) is 0 Å². The van der Waals surface area contributed by atoms with Crippen molar-refractivity contribution in [3.05, 3.63) is 61.8 Å². The van der Waals surface area contributed by atoms with Gasteiger partial charge in [-0.25, -0.2) is 4.39 Å². The Labute approximate surface area is 129 Å². The number of hydrogen-bond acceptors (Lipinski definition) is 1. The number of benzene rings is 2. The second-order valence-corrected chi connectivity index (χ2v) is 5.85. The predicted octanol–water partition coefficient (Wildman–Crippen LogP) is 5.82. The Morgan fingerprint density at radius 1 is 1.16 bits per heavy atom. The largest absolute Gasteiger partial charge is 0.381 e. The Kier molecular flexibility index (Phi) is 4.71. The highest BCUT2D eigenvalue weighted by atomic mass is 79.9. The van der Waals surface area contributed by atoms with Gasteiger partial charge in [-0.1, -0.05) is 29.3 Å². The second-order valence-electron chi connectivity index (χ2n) is 4.18. The molecule has 0 fully saturated rings. The summed E-state index contributed by atoms with van der Waals surface area (Å²) in [5.74, 6) is -0.266. The smallest absolute Gasteiger partial charge is 0.137 e. The zero-order valence-electron chi connectivity index (χ0n) is 10.1. The third-order valence-electron chi connectivity index (χ3n) is 2.73. The molecule has 2 aromatic carbocycles. The summed E-state index contributed by atoms with van der Waals surface area (Å²) in [5.41, 5.74) is 2.73. The highest BCUT2D eigenvalue weighted by molar-refractivity contribution is 9.10. The van der Waals surface area contributed by atoms with E-state index < -0.39 is 0 Å². The third-order valence-corrected chi connectivity index (χ3v) is 4.08. The lowest BCUT2D eigenvalue weighted by molar-refractivity contribution is 0.620. The van der Waals surface area contributed by atoms with Crippen LogP contribution < -0.4 is 5.32 Å². The molecular formula is C14H11BrCl2FN. The van der Waals surface area contributed by atoms with Gasteiger partial charge < -0.3 is 5.32 Å². The highest BCUT2D eigenvalue weighted by Gasteiger charge is 2.05. The van der Waals surface area contributed by atoms with Gasteiger partial charge in [-0.15, -0.1) is 0 Å². The number of hydrogen-bond donors (Lipinski definition) is 1. The zero-order chi connectivity index (χ0) is 14.0. The summed E-state index contributed by atoms with van der Waals surface area (Å²) in [6.45, 7) is 2.45. The molecule has 0 aliphatic rings. The van der Waals surface area contributed by atoms with Crippen LogP contribution in [0, 0.1) is 12.7 Å². The van der Waals surface area contributed by atoms with E-state index >= 15 is 0 Å². The van der Waals surface area contributed by atoms with E-state index in [4.69, 9.17) is 23.2 Å². The lowest BCUT2D eigenvalue weighted by Gasteiger charge is -2.11. The maximum atomic E-state index is 13.3. The van der Waals surface area contributed by atoms with Crippen LogP contribution in [0.4, 0.5) is 10.1 Å². The molecule has 0 aliphatic carbocycles. The highest BCUT2D eigenvalue weighted by Crippen LogP contribution is 2.26. The van der Waals surface area contributed by atoms with E-state index in [2.05, 4.69) is 21.2 Å². The van der Waals surface area contributed by atoms with Crippen LogP contribution in [-0.2, 0) is 6.54 Å². The van der Waals surface area contributed by atoms with Gasteiger partial charge in [0.05, 0.1) is 14.5 Å². The lowest BCUT2D eigenvalue weighted by Crippen LogP contribution is -2.01. The van der Waals surface area contributed by atoms with E-state index in [0.717, 1.165) is 16.8 Å². The van der Waals surface area contributed by atoms with Crippen molar-refractivity contribution in [2.45, 2.75) is 13.5 Å². The minimum Gasteiger partial charge on any atom is -0.381 e. The molecule has 0 aromatic heterocycles. The van der Waals surface area contributed by atoms with Gasteiger partial charge in [0, 0.05) is 12.2 Å². The molecule has 0 radical (unpaired) electrons. The molecule has 2 aromatic rings. The number of halogens is 4. The van der Waals surface area contributed by atoms with Gasteiger partial charge in [-0.3, -0.25) is 0 Å². The van der Waals surface area contributed by atoms with Gasteiger partial charge in [-0.05, 0) is 58.2 Å². The Bertz CT molecular complexity index is 617. The minimum absolute atomic E-state index is 0.266. The summed E-state index contributed by atoms with van der Waals surface area (Å²) < 4.78 is 13.8. The summed E-state index contributed by atoms with van der Waals surface area (Å²) in [6, 6.07) is 8.68. The maximum Gasteiger partial charge on any atom is 0.137 e. The number of rotatable bonds is 3. The monoisotopic (exact) mass is 361 g/mol. The molecule has 0 atom stereocenters. The molecule has 1 nitrogen and oxygen atoms in total. The van der Waals surface area contributed by atoms with Crippen LogP contribution in [-0.4, -0.2) is 0 Å². The van der Waals surface area contributed by atoms with E-state index in [-0.39, 0.29) is 5.82 Å². The van der Waals surface area contributed by atoms with Gasteiger partial charge >= 0.3 is 0 Å². The van der Waals surface area contributed by atoms with Crippen LogP contribution >= 0.6 is 39.1 Å². The van der Waals surface area contributed by atoms with E-state index in [1.54, 1.807) is 12.1 Å². The number of anilines is 1. The summed E-state index contributed by atoms with van der Waals surface area (Å²) in [4.78, 5) is 0. The molecule has 100 valence electrons. The van der Waals surface area contributed by atoms with E-state index in [1.165, 1.54) is 6.07 Å². The van der Waals surface area contributed by atoms with Gasteiger partial charge in [-0.2, -0.15) is 0 Å². The van der Waals surface area contributed by atoms with E-state index in [0.29, 0.717) is 21.1 Å². The molecule has 0 aliphatic heterocycles. The molecule has 0 spiro atoms. The molecule has 0 saturated carbocycles. The molecular weight excluding hydrogens is 352 g/mol. The fraction of sp³-hybridized carbons (Fsp3) is 0.143. The molecule has 5 heteroatoms. The van der Waals surface area contributed by atoms with Crippen molar-refractivity contribution >= 4 is 44.8 Å². The first-order valence-electron chi connectivity index (χ1n) is 5.61. The summed E-state index contributed by atoms with van der Waals surface area (Å²) in [6.07, 6.45) is 0. The average molecular weight is 363 g/mol. The molecule has 1 N–H and O–H groups in total. The van der Waals surface area contributed by atoms with Gasteiger partial charge in [0.15, 0.2) is 0 Å². The van der Waals surface area contributed by atoms with Crippen LogP contribution in [0.1, 0.15) is 11.1 Å². The number of nitrogens with one attached hydrogen (secondary N) is 1. The van der Waals surface area contributed by atoms with Crippen molar-refractivity contribution in [2.75, 3.05) is 5.32 Å². The first kappa shape index (κ1) is 14.6. The van der Waals surface area contributed by atoms with Crippen LogP contribution in [0.2, 0.25) is 10.0 Å². The van der Waals surface area contributed by atoms with Crippen LogP contribution in [0.3, 0.4) is 0 Å². The van der Waals surface area contributed by atoms with Crippen molar-refractivity contribution in [3.8, 4) is 0 Å². The Morgan fingerprint density at radius 3 is 2.58 bits per heavy atom. The number of aryl methyl sites for hydroxylation is 1. The molecule has 2 rings (SSSR count). The predicted molar refractivity (Wildman–Crippen MR) is 82.6 cm³/mol. The Morgan fingerprint density at radius 2 is 1.89 bits per heavy atom. The topological polar surface area (TPSA) is 12.0 Å². The molecule has 19 heavy (non-hydrogen) atoms. The Balaban J connectivity index is 2.14. The first-order valence-corrected chi connectivity index (χ1v) is 7.15. The van der Waals surface area contributed by atoms with Crippen molar-refractivity contribution in [1.82, 2.24) is 0 Å². The standard InChI is InChI=1S/C14H11BrCl2FN/c1-8-4-13(18)10(15)6-14(8)19-7-9-2-3-11(16)12(17)5-9/h2-6,19H,7H2,1H3.